The van der Waals surface area contributed by atoms with Crippen molar-refractivity contribution in [2.75, 3.05) is 6.61 Å². The Morgan fingerprint density at radius 1 is 1.16 bits per heavy atom. The highest BCUT2D eigenvalue weighted by Gasteiger charge is 2.35. The Kier molecular flexibility index (Phi) is 4.18. The van der Waals surface area contributed by atoms with E-state index in [1.807, 2.05) is 30.5 Å². The molecule has 4 heteroatoms. The van der Waals surface area contributed by atoms with E-state index in [0.717, 1.165) is 40.4 Å². The van der Waals surface area contributed by atoms with Gasteiger partial charge < -0.3 is 4.74 Å². The van der Waals surface area contributed by atoms with Crippen LogP contribution in [0.3, 0.4) is 0 Å². The second kappa shape index (κ2) is 6.63. The number of rotatable bonds is 6. The predicted molar refractivity (Wildman–Crippen MR) is 94.6 cm³/mol. The van der Waals surface area contributed by atoms with Crippen LogP contribution in [0.5, 0.6) is 0 Å². The number of halogens is 1. The van der Waals surface area contributed by atoms with Gasteiger partial charge >= 0.3 is 0 Å². The minimum Gasteiger partial charge on any atom is -0.467 e. The number of aromatic nitrogens is 1. The van der Waals surface area contributed by atoms with Crippen molar-refractivity contribution in [2.45, 2.75) is 18.8 Å². The standard InChI is InChI=1S/C21H18FNO2/c22-16-9-7-15(8-10-16)21-17-3-1-2-4-20(17)23-11-18(21)19(12-25-13-24)14-5-6-14/h1-4,7-11,13-14,19H,5-6,12H2. The molecule has 25 heavy (non-hydrogen) atoms. The minimum absolute atomic E-state index is 0.113. The smallest absolute Gasteiger partial charge is 0.293 e. The van der Waals surface area contributed by atoms with Gasteiger partial charge in [0.2, 0.25) is 0 Å². The summed E-state index contributed by atoms with van der Waals surface area (Å²) in [6.07, 6.45) is 4.14. The molecule has 1 fully saturated rings. The van der Waals surface area contributed by atoms with Crippen LogP contribution in [-0.2, 0) is 9.53 Å². The molecule has 1 heterocycles. The molecular formula is C21H18FNO2. The van der Waals surface area contributed by atoms with Crippen molar-refractivity contribution in [3.05, 3.63) is 66.1 Å². The molecule has 1 atom stereocenters. The number of carbonyl (C=O) groups is 1. The van der Waals surface area contributed by atoms with Crippen molar-refractivity contribution < 1.29 is 13.9 Å². The molecule has 126 valence electrons. The molecule has 0 radical (unpaired) electrons. The fourth-order valence-electron chi connectivity index (χ4n) is 3.50. The second-order valence-electron chi connectivity index (χ2n) is 6.49. The molecule has 1 saturated carbocycles. The van der Waals surface area contributed by atoms with Crippen molar-refractivity contribution >= 4 is 17.4 Å². The number of hydrogen-bond acceptors (Lipinski definition) is 3. The minimum atomic E-state index is -0.258. The zero-order valence-electron chi connectivity index (χ0n) is 13.7. The summed E-state index contributed by atoms with van der Waals surface area (Å²) in [4.78, 5) is 15.3. The second-order valence-corrected chi connectivity index (χ2v) is 6.49. The van der Waals surface area contributed by atoms with Crippen molar-refractivity contribution in [1.29, 1.82) is 0 Å². The zero-order chi connectivity index (χ0) is 17.2. The summed E-state index contributed by atoms with van der Waals surface area (Å²) in [7, 11) is 0. The lowest BCUT2D eigenvalue weighted by Gasteiger charge is -2.21. The van der Waals surface area contributed by atoms with Crippen LogP contribution in [0.1, 0.15) is 24.3 Å². The van der Waals surface area contributed by atoms with E-state index in [9.17, 15) is 9.18 Å². The van der Waals surface area contributed by atoms with Crippen LogP contribution in [-0.4, -0.2) is 18.1 Å². The Morgan fingerprint density at radius 2 is 1.92 bits per heavy atom. The molecule has 1 aliphatic rings. The molecule has 1 unspecified atom stereocenters. The third kappa shape index (κ3) is 3.12. The first-order valence-corrected chi connectivity index (χ1v) is 8.47. The topological polar surface area (TPSA) is 39.2 Å². The van der Waals surface area contributed by atoms with E-state index in [2.05, 4.69) is 4.98 Å². The Morgan fingerprint density at radius 3 is 2.64 bits per heavy atom. The van der Waals surface area contributed by atoms with Gasteiger partial charge in [0.05, 0.1) is 12.1 Å². The number of fused-ring (bicyclic) bond motifs is 1. The SMILES string of the molecule is O=COCC(c1cnc2ccccc2c1-c1ccc(F)cc1)C1CC1. The lowest BCUT2D eigenvalue weighted by molar-refractivity contribution is -0.129. The summed E-state index contributed by atoms with van der Waals surface area (Å²) in [6, 6.07) is 14.5. The van der Waals surface area contributed by atoms with Gasteiger partial charge in [-0.1, -0.05) is 30.3 Å². The maximum absolute atomic E-state index is 13.4. The summed E-state index contributed by atoms with van der Waals surface area (Å²) in [5.41, 5.74) is 3.97. The first-order valence-electron chi connectivity index (χ1n) is 8.47. The highest BCUT2D eigenvalue weighted by Crippen LogP contribution is 2.46. The zero-order valence-corrected chi connectivity index (χ0v) is 13.7. The van der Waals surface area contributed by atoms with Gasteiger partial charge in [0.1, 0.15) is 5.82 Å². The molecule has 1 aromatic heterocycles. The molecule has 0 spiro atoms. The van der Waals surface area contributed by atoms with Crippen molar-refractivity contribution in [3.8, 4) is 11.1 Å². The van der Waals surface area contributed by atoms with Crippen LogP contribution < -0.4 is 0 Å². The Labute approximate surface area is 145 Å². The Balaban J connectivity index is 1.92. The average molecular weight is 335 g/mol. The number of benzene rings is 2. The highest BCUT2D eigenvalue weighted by atomic mass is 19.1. The van der Waals surface area contributed by atoms with Crippen LogP contribution in [0.25, 0.3) is 22.0 Å². The fourth-order valence-corrected chi connectivity index (χ4v) is 3.50. The number of hydrogen-bond donors (Lipinski definition) is 0. The maximum Gasteiger partial charge on any atom is 0.293 e. The van der Waals surface area contributed by atoms with Crippen molar-refractivity contribution in [3.63, 3.8) is 0 Å². The van der Waals surface area contributed by atoms with Crippen LogP contribution >= 0.6 is 0 Å². The molecule has 1 aliphatic carbocycles. The number of nitrogens with zero attached hydrogens (tertiary/aromatic N) is 1. The molecule has 3 nitrogen and oxygen atoms in total. The predicted octanol–water partition coefficient (Wildman–Crippen LogP) is 4.71. The van der Waals surface area contributed by atoms with E-state index >= 15 is 0 Å². The molecule has 2 aromatic carbocycles. The fraction of sp³-hybridized carbons (Fsp3) is 0.238. The van der Waals surface area contributed by atoms with E-state index in [1.54, 1.807) is 12.1 Å². The summed E-state index contributed by atoms with van der Waals surface area (Å²) in [6.45, 7) is 0.851. The quantitative estimate of drug-likeness (QED) is 0.613. The van der Waals surface area contributed by atoms with E-state index in [0.29, 0.717) is 19.0 Å². The summed E-state index contributed by atoms with van der Waals surface area (Å²) >= 11 is 0. The lowest BCUT2D eigenvalue weighted by Crippen LogP contribution is -2.12. The largest absolute Gasteiger partial charge is 0.467 e. The van der Waals surface area contributed by atoms with Gasteiger partial charge in [0, 0.05) is 17.5 Å². The van der Waals surface area contributed by atoms with Gasteiger partial charge in [-0.05, 0) is 53.6 Å². The molecule has 0 amide bonds. The summed E-state index contributed by atoms with van der Waals surface area (Å²) in [5, 5.41) is 1.03. The normalized spacial score (nSPS) is 15.1. The number of ether oxygens (including phenoxy) is 1. The van der Waals surface area contributed by atoms with Gasteiger partial charge in [0.15, 0.2) is 0 Å². The molecule has 4 rings (SSSR count). The van der Waals surface area contributed by atoms with Gasteiger partial charge in [-0.15, -0.1) is 0 Å². The Hall–Kier alpha value is -2.75. The van der Waals surface area contributed by atoms with Crippen LogP contribution in [0, 0.1) is 11.7 Å². The van der Waals surface area contributed by atoms with Crippen LogP contribution in [0.2, 0.25) is 0 Å². The molecule has 0 saturated heterocycles. The third-order valence-electron chi connectivity index (χ3n) is 4.87. The van der Waals surface area contributed by atoms with Crippen LogP contribution in [0.4, 0.5) is 4.39 Å². The average Bonchev–Trinajstić information content (AvgIpc) is 3.48. The molecule has 0 N–H and O–H groups in total. The van der Waals surface area contributed by atoms with E-state index in [4.69, 9.17) is 4.74 Å². The molecule has 0 bridgehead atoms. The first kappa shape index (κ1) is 15.8. The highest BCUT2D eigenvalue weighted by molar-refractivity contribution is 5.96. The molecule has 3 aromatic rings. The van der Waals surface area contributed by atoms with E-state index in [1.165, 1.54) is 12.1 Å². The third-order valence-corrected chi connectivity index (χ3v) is 4.87. The number of carbonyl (C=O) groups excluding carboxylic acids is 1. The van der Waals surface area contributed by atoms with Gasteiger partial charge in [-0.3, -0.25) is 9.78 Å². The Bertz CT molecular complexity index is 903. The first-order chi connectivity index (χ1) is 12.3. The lowest BCUT2D eigenvalue weighted by atomic mass is 9.87. The number of para-hydroxylation sites is 1. The molecule has 0 aliphatic heterocycles. The summed E-state index contributed by atoms with van der Waals surface area (Å²) < 4.78 is 18.5. The van der Waals surface area contributed by atoms with E-state index in [-0.39, 0.29) is 11.7 Å². The van der Waals surface area contributed by atoms with Crippen molar-refractivity contribution in [1.82, 2.24) is 4.98 Å². The maximum atomic E-state index is 13.4. The number of pyridine rings is 1. The van der Waals surface area contributed by atoms with Gasteiger partial charge in [-0.2, -0.15) is 0 Å². The van der Waals surface area contributed by atoms with Gasteiger partial charge in [-0.25, -0.2) is 4.39 Å². The van der Waals surface area contributed by atoms with E-state index < -0.39 is 0 Å². The summed E-state index contributed by atoms with van der Waals surface area (Å²) in [5.74, 6) is 0.358. The van der Waals surface area contributed by atoms with Crippen LogP contribution in [0.15, 0.2) is 54.7 Å². The van der Waals surface area contributed by atoms with Crippen molar-refractivity contribution in [2.24, 2.45) is 5.92 Å². The van der Waals surface area contributed by atoms with Gasteiger partial charge in [0.25, 0.3) is 6.47 Å². The molecular weight excluding hydrogens is 317 g/mol. The monoisotopic (exact) mass is 335 g/mol.